The summed E-state index contributed by atoms with van der Waals surface area (Å²) in [5, 5.41) is 11.9. The third-order valence-corrected chi connectivity index (χ3v) is 7.88. The van der Waals surface area contributed by atoms with E-state index in [0.29, 0.717) is 13.1 Å². The molecule has 204 valence electrons. The maximum atomic E-state index is 14.0. The van der Waals surface area contributed by atoms with E-state index in [-0.39, 0.29) is 18.5 Å². The number of Topliss-reactive ketones (excluding diaryl/α,β-unsaturated/α-hetero) is 1. The van der Waals surface area contributed by atoms with Crippen LogP contribution in [-0.2, 0) is 39.8 Å². The van der Waals surface area contributed by atoms with E-state index in [2.05, 4.69) is 4.90 Å². The van der Waals surface area contributed by atoms with Gasteiger partial charge in [-0.25, -0.2) is 0 Å². The second-order valence-corrected chi connectivity index (χ2v) is 10.9. The molecule has 4 aliphatic heterocycles. The monoisotopic (exact) mass is 525 g/mol. The lowest BCUT2D eigenvalue weighted by atomic mass is 9.83. The first-order valence-corrected chi connectivity index (χ1v) is 13.2. The van der Waals surface area contributed by atoms with Gasteiger partial charge in [-0.15, -0.1) is 0 Å². The van der Waals surface area contributed by atoms with Crippen LogP contribution in [-0.4, -0.2) is 84.7 Å². The SMILES string of the molecule is CO[C@H]1O[C@@H]2CO[C@@H](c3ccccc3)O[C@H]2C(=O)[C@H]1C(O)[C@@H]1[C@H]2OC(C)(C)O[C@H]2CN1Cc1ccccc1. The molecule has 4 saturated heterocycles. The molecule has 2 aromatic rings. The highest BCUT2D eigenvalue weighted by atomic mass is 16.8. The first kappa shape index (κ1) is 26.0. The van der Waals surface area contributed by atoms with Crippen LogP contribution in [0.5, 0.6) is 0 Å². The number of fused-ring (bicyclic) bond motifs is 2. The lowest BCUT2D eigenvalue weighted by Crippen LogP contribution is -2.63. The highest BCUT2D eigenvalue weighted by Gasteiger charge is 2.60. The zero-order valence-corrected chi connectivity index (χ0v) is 21.8. The van der Waals surface area contributed by atoms with Gasteiger partial charge in [0.25, 0.3) is 0 Å². The Morgan fingerprint density at radius 1 is 1.03 bits per heavy atom. The van der Waals surface area contributed by atoms with Crippen molar-refractivity contribution in [3.8, 4) is 0 Å². The number of ketones is 1. The predicted molar refractivity (Wildman–Crippen MR) is 135 cm³/mol. The van der Waals surface area contributed by atoms with Crippen molar-refractivity contribution in [1.82, 2.24) is 4.90 Å². The van der Waals surface area contributed by atoms with E-state index in [1.165, 1.54) is 7.11 Å². The number of aliphatic hydroxyl groups is 1. The normalized spacial score (nSPS) is 37.5. The minimum absolute atomic E-state index is 0.179. The van der Waals surface area contributed by atoms with Crippen molar-refractivity contribution in [3.05, 3.63) is 71.8 Å². The molecule has 0 spiro atoms. The van der Waals surface area contributed by atoms with Crippen molar-refractivity contribution in [2.75, 3.05) is 20.3 Å². The van der Waals surface area contributed by atoms with Gasteiger partial charge >= 0.3 is 0 Å². The van der Waals surface area contributed by atoms with E-state index in [1.54, 1.807) is 0 Å². The van der Waals surface area contributed by atoms with Gasteiger partial charge in [0.05, 0.1) is 24.7 Å². The van der Waals surface area contributed by atoms with E-state index in [1.807, 2.05) is 74.5 Å². The maximum absolute atomic E-state index is 14.0. The molecule has 9 heteroatoms. The minimum Gasteiger partial charge on any atom is -0.390 e. The van der Waals surface area contributed by atoms with E-state index in [9.17, 15) is 9.90 Å². The second kappa shape index (κ2) is 10.4. The molecule has 0 radical (unpaired) electrons. The first-order chi connectivity index (χ1) is 18.3. The number of likely N-dealkylation sites (tertiary alicyclic amines) is 1. The Hall–Kier alpha value is -2.21. The molecule has 4 aliphatic rings. The highest BCUT2D eigenvalue weighted by Crippen LogP contribution is 2.42. The van der Waals surface area contributed by atoms with Gasteiger partial charge in [0.15, 0.2) is 24.2 Å². The summed E-state index contributed by atoms with van der Waals surface area (Å²) in [5.74, 6) is -2.02. The van der Waals surface area contributed by atoms with Gasteiger partial charge in [0.1, 0.15) is 24.4 Å². The van der Waals surface area contributed by atoms with Gasteiger partial charge in [0.2, 0.25) is 0 Å². The number of nitrogens with zero attached hydrogens (tertiary/aromatic N) is 1. The molecule has 4 heterocycles. The molecule has 0 bridgehead atoms. The molecule has 2 aromatic carbocycles. The fourth-order valence-electron chi connectivity index (χ4n) is 6.25. The fraction of sp³-hybridized carbons (Fsp3) is 0.552. The van der Waals surface area contributed by atoms with Crippen LogP contribution in [0.3, 0.4) is 0 Å². The number of ether oxygens (including phenoxy) is 6. The quantitative estimate of drug-likeness (QED) is 0.610. The smallest absolute Gasteiger partial charge is 0.184 e. The topological polar surface area (TPSA) is 95.9 Å². The summed E-state index contributed by atoms with van der Waals surface area (Å²) in [7, 11) is 1.48. The largest absolute Gasteiger partial charge is 0.390 e. The van der Waals surface area contributed by atoms with E-state index < -0.39 is 54.7 Å². The summed E-state index contributed by atoms with van der Waals surface area (Å²) in [6.07, 6.45) is -4.96. The molecule has 0 aliphatic carbocycles. The molecule has 0 aromatic heterocycles. The Labute approximate surface area is 222 Å². The van der Waals surface area contributed by atoms with Crippen molar-refractivity contribution in [2.45, 2.75) is 75.3 Å². The van der Waals surface area contributed by atoms with Crippen LogP contribution in [0, 0.1) is 5.92 Å². The Morgan fingerprint density at radius 2 is 1.74 bits per heavy atom. The lowest BCUT2D eigenvalue weighted by molar-refractivity contribution is -0.315. The third kappa shape index (κ3) is 4.82. The van der Waals surface area contributed by atoms with Gasteiger partial charge < -0.3 is 33.5 Å². The molecule has 0 amide bonds. The standard InChI is InChI=1S/C29H35NO8/c1-29(2)37-19-15-30(14-17-10-6-4-7-11-17)22(25(19)38-29)23(31)21-24(32)26-20(35-28(21)33-3)16-34-27(36-26)18-12-8-5-9-13-18/h4-13,19-23,25-28,31H,14-16H2,1-3H3/t19-,20+,21+,22+,23?,25-,26+,27+,28-/m0/s1. The van der Waals surface area contributed by atoms with Crippen LogP contribution in [0.25, 0.3) is 0 Å². The van der Waals surface area contributed by atoms with Gasteiger partial charge in [0, 0.05) is 25.8 Å². The molecule has 38 heavy (non-hydrogen) atoms. The highest BCUT2D eigenvalue weighted by molar-refractivity contribution is 5.88. The Bertz CT molecular complexity index is 1110. The van der Waals surface area contributed by atoms with Gasteiger partial charge in [-0.05, 0) is 19.4 Å². The summed E-state index contributed by atoms with van der Waals surface area (Å²) in [6.45, 7) is 5.06. The number of carbonyl (C=O) groups excluding carboxylic acids is 1. The maximum Gasteiger partial charge on any atom is 0.184 e. The van der Waals surface area contributed by atoms with E-state index in [0.717, 1.165) is 11.1 Å². The van der Waals surface area contributed by atoms with Gasteiger partial charge in [-0.1, -0.05) is 60.7 Å². The van der Waals surface area contributed by atoms with Crippen molar-refractivity contribution in [1.29, 1.82) is 0 Å². The van der Waals surface area contributed by atoms with Crippen molar-refractivity contribution >= 4 is 5.78 Å². The van der Waals surface area contributed by atoms with Crippen LogP contribution >= 0.6 is 0 Å². The molecule has 1 unspecified atom stereocenters. The van der Waals surface area contributed by atoms with Crippen LogP contribution < -0.4 is 0 Å². The van der Waals surface area contributed by atoms with Crippen molar-refractivity contribution in [3.63, 3.8) is 0 Å². The predicted octanol–water partition coefficient (Wildman–Crippen LogP) is 2.42. The molecule has 1 N–H and O–H groups in total. The summed E-state index contributed by atoms with van der Waals surface area (Å²) in [5.41, 5.74) is 1.91. The summed E-state index contributed by atoms with van der Waals surface area (Å²) in [6, 6.07) is 19.0. The number of hydrogen-bond donors (Lipinski definition) is 1. The van der Waals surface area contributed by atoms with E-state index >= 15 is 0 Å². The molecule has 9 atom stereocenters. The summed E-state index contributed by atoms with van der Waals surface area (Å²) >= 11 is 0. The first-order valence-electron chi connectivity index (χ1n) is 13.2. The molecule has 9 nitrogen and oxygen atoms in total. The third-order valence-electron chi connectivity index (χ3n) is 7.88. The zero-order valence-electron chi connectivity index (χ0n) is 21.8. The number of carbonyl (C=O) groups is 1. The fourth-order valence-corrected chi connectivity index (χ4v) is 6.25. The molecule has 0 saturated carbocycles. The Kier molecular flexibility index (Phi) is 7.13. The summed E-state index contributed by atoms with van der Waals surface area (Å²) < 4.78 is 36.2. The van der Waals surface area contributed by atoms with Crippen LogP contribution in [0.2, 0.25) is 0 Å². The molecule has 4 fully saturated rings. The molecular weight excluding hydrogens is 490 g/mol. The number of hydrogen-bond acceptors (Lipinski definition) is 9. The number of benzene rings is 2. The average molecular weight is 526 g/mol. The van der Waals surface area contributed by atoms with Crippen molar-refractivity contribution < 1.29 is 38.3 Å². The van der Waals surface area contributed by atoms with Crippen LogP contribution in [0.1, 0.15) is 31.3 Å². The van der Waals surface area contributed by atoms with Gasteiger partial charge in [-0.3, -0.25) is 9.69 Å². The van der Waals surface area contributed by atoms with Crippen molar-refractivity contribution in [2.24, 2.45) is 5.92 Å². The van der Waals surface area contributed by atoms with E-state index in [4.69, 9.17) is 28.4 Å². The Morgan fingerprint density at radius 3 is 2.45 bits per heavy atom. The molecule has 6 rings (SSSR count). The number of aliphatic hydroxyl groups excluding tert-OH is 1. The Balaban J connectivity index is 1.27. The zero-order chi connectivity index (χ0) is 26.4. The molecular formula is C29H35NO8. The van der Waals surface area contributed by atoms with Gasteiger partial charge in [-0.2, -0.15) is 0 Å². The second-order valence-electron chi connectivity index (χ2n) is 10.9. The summed E-state index contributed by atoms with van der Waals surface area (Å²) in [4.78, 5) is 16.1. The van der Waals surface area contributed by atoms with Crippen LogP contribution in [0.4, 0.5) is 0 Å². The number of rotatable bonds is 6. The average Bonchev–Trinajstić information content (AvgIpc) is 3.39. The van der Waals surface area contributed by atoms with Crippen LogP contribution in [0.15, 0.2) is 60.7 Å². The lowest BCUT2D eigenvalue weighted by Gasteiger charge is -2.46. The minimum atomic E-state index is -1.15. The number of methoxy groups -OCH3 is 1.